The highest BCUT2D eigenvalue weighted by atomic mass is 19.1. The Kier molecular flexibility index (Phi) is 5.06. The number of amides is 2. The summed E-state index contributed by atoms with van der Waals surface area (Å²) in [5.74, 6) is -3.03. The van der Waals surface area contributed by atoms with Gasteiger partial charge >= 0.3 is 5.97 Å². The van der Waals surface area contributed by atoms with Crippen molar-refractivity contribution in [3.8, 4) is 0 Å². The van der Waals surface area contributed by atoms with Gasteiger partial charge in [0.1, 0.15) is 17.3 Å². The molecule has 166 valence electrons. The van der Waals surface area contributed by atoms with E-state index in [9.17, 15) is 18.8 Å². The molecule has 33 heavy (non-hydrogen) atoms. The van der Waals surface area contributed by atoms with E-state index in [4.69, 9.17) is 4.74 Å². The largest absolute Gasteiger partial charge is 0.468 e. The van der Waals surface area contributed by atoms with Gasteiger partial charge in [-0.1, -0.05) is 60.7 Å². The standard InChI is InChI=1S/C26H21FN2O4/c1-33-24(31)21-20-23(30)29(19-10-6-3-7-11-19)25(32)26(20,17-8-4-2-5-9-17)22(28-21)16-12-14-18(27)15-13-16/h2-15,20-22,28H,1H3/t20-,21+,22+,26+/m0/s1. The van der Waals surface area contributed by atoms with Crippen LogP contribution in [0.15, 0.2) is 84.9 Å². The molecule has 0 spiro atoms. The fraction of sp³-hybridized carbons (Fsp3) is 0.192. The Morgan fingerprint density at radius 3 is 2.15 bits per heavy atom. The summed E-state index contributed by atoms with van der Waals surface area (Å²) >= 11 is 0. The molecule has 2 fully saturated rings. The Hall–Kier alpha value is -3.84. The number of esters is 1. The first-order valence-corrected chi connectivity index (χ1v) is 10.6. The number of para-hydroxylation sites is 1. The predicted molar refractivity (Wildman–Crippen MR) is 119 cm³/mol. The number of ether oxygens (including phenoxy) is 1. The zero-order valence-corrected chi connectivity index (χ0v) is 17.8. The highest BCUT2D eigenvalue weighted by Crippen LogP contribution is 2.56. The third kappa shape index (κ3) is 3.00. The van der Waals surface area contributed by atoms with E-state index in [0.717, 1.165) is 4.90 Å². The number of anilines is 1. The number of methoxy groups -OCH3 is 1. The Labute approximate surface area is 190 Å². The average Bonchev–Trinajstić information content (AvgIpc) is 3.32. The first-order valence-electron chi connectivity index (χ1n) is 10.6. The number of carbonyl (C=O) groups excluding carboxylic acids is 3. The van der Waals surface area contributed by atoms with Crippen LogP contribution < -0.4 is 10.2 Å². The Balaban J connectivity index is 1.78. The summed E-state index contributed by atoms with van der Waals surface area (Å²) in [5, 5.41) is 3.19. The molecule has 5 rings (SSSR count). The van der Waals surface area contributed by atoms with Gasteiger partial charge in [-0.25, -0.2) is 9.29 Å². The molecular formula is C26H21FN2O4. The number of carbonyl (C=O) groups is 3. The van der Waals surface area contributed by atoms with Crippen LogP contribution in [0.3, 0.4) is 0 Å². The summed E-state index contributed by atoms with van der Waals surface area (Å²) in [5.41, 5.74) is 0.191. The fourth-order valence-corrected chi connectivity index (χ4v) is 5.22. The lowest BCUT2D eigenvalue weighted by atomic mass is 9.66. The van der Waals surface area contributed by atoms with Crippen LogP contribution in [0.5, 0.6) is 0 Å². The summed E-state index contributed by atoms with van der Waals surface area (Å²) in [7, 11) is 1.25. The van der Waals surface area contributed by atoms with Crippen molar-refractivity contribution in [2.75, 3.05) is 12.0 Å². The molecule has 0 aromatic heterocycles. The van der Waals surface area contributed by atoms with Crippen molar-refractivity contribution in [3.05, 3.63) is 102 Å². The second-order valence-electron chi connectivity index (χ2n) is 8.18. The van der Waals surface area contributed by atoms with Gasteiger partial charge in [-0.3, -0.25) is 19.7 Å². The molecule has 0 saturated carbocycles. The zero-order chi connectivity index (χ0) is 23.2. The number of rotatable bonds is 4. The molecule has 2 aliphatic heterocycles. The molecule has 0 unspecified atom stereocenters. The molecule has 2 saturated heterocycles. The minimum absolute atomic E-state index is 0.425. The topological polar surface area (TPSA) is 75.7 Å². The van der Waals surface area contributed by atoms with Gasteiger partial charge < -0.3 is 4.74 Å². The summed E-state index contributed by atoms with van der Waals surface area (Å²) in [6.45, 7) is 0. The van der Waals surface area contributed by atoms with Crippen LogP contribution in [0.4, 0.5) is 10.1 Å². The highest BCUT2D eigenvalue weighted by molar-refractivity contribution is 6.27. The molecule has 0 radical (unpaired) electrons. The maximum atomic E-state index is 14.3. The SMILES string of the molecule is COC(=O)[C@@H]1N[C@H](c2ccc(F)cc2)[C@]2(c3ccccc3)C(=O)N(c3ccccc3)C(=O)[C@H]12. The lowest BCUT2D eigenvalue weighted by molar-refractivity contribution is -0.145. The summed E-state index contributed by atoms with van der Waals surface area (Å²) in [6, 6.07) is 21.5. The molecule has 2 aliphatic rings. The molecule has 4 atom stereocenters. The number of hydrogen-bond acceptors (Lipinski definition) is 5. The highest BCUT2D eigenvalue weighted by Gasteiger charge is 2.72. The maximum absolute atomic E-state index is 14.3. The first kappa shape index (κ1) is 21.0. The van der Waals surface area contributed by atoms with Crippen LogP contribution in [0.2, 0.25) is 0 Å². The number of benzene rings is 3. The van der Waals surface area contributed by atoms with E-state index in [1.54, 1.807) is 66.7 Å². The Morgan fingerprint density at radius 2 is 1.55 bits per heavy atom. The van der Waals surface area contributed by atoms with Crippen LogP contribution in [0.1, 0.15) is 17.2 Å². The van der Waals surface area contributed by atoms with E-state index in [1.807, 2.05) is 6.07 Å². The second-order valence-corrected chi connectivity index (χ2v) is 8.18. The van der Waals surface area contributed by atoms with Gasteiger partial charge in [0.25, 0.3) is 0 Å². The lowest BCUT2D eigenvalue weighted by Gasteiger charge is -2.33. The molecule has 3 aromatic rings. The number of halogens is 1. The number of imide groups is 1. The van der Waals surface area contributed by atoms with Gasteiger partial charge in [-0.2, -0.15) is 0 Å². The molecule has 0 aliphatic carbocycles. The second kappa shape index (κ2) is 7.94. The third-order valence-corrected chi connectivity index (χ3v) is 6.59. The van der Waals surface area contributed by atoms with Crippen molar-refractivity contribution >= 4 is 23.5 Å². The smallest absolute Gasteiger partial charge is 0.323 e. The van der Waals surface area contributed by atoms with Crippen LogP contribution in [-0.2, 0) is 24.5 Å². The Bertz CT molecular complexity index is 1220. The van der Waals surface area contributed by atoms with Crippen molar-refractivity contribution in [2.24, 2.45) is 5.92 Å². The lowest BCUT2D eigenvalue weighted by Crippen LogP contribution is -2.45. The van der Waals surface area contributed by atoms with Gasteiger partial charge in [0.2, 0.25) is 11.8 Å². The van der Waals surface area contributed by atoms with E-state index in [-0.39, 0.29) is 0 Å². The van der Waals surface area contributed by atoms with E-state index in [0.29, 0.717) is 16.8 Å². The van der Waals surface area contributed by atoms with Crippen LogP contribution in [-0.4, -0.2) is 30.9 Å². The number of nitrogens with one attached hydrogen (secondary N) is 1. The molecule has 6 nitrogen and oxygen atoms in total. The van der Waals surface area contributed by atoms with E-state index in [1.165, 1.54) is 19.2 Å². The zero-order valence-electron chi connectivity index (χ0n) is 17.8. The summed E-state index contributed by atoms with van der Waals surface area (Å²) in [4.78, 5) is 42.1. The van der Waals surface area contributed by atoms with Crippen LogP contribution in [0.25, 0.3) is 0 Å². The molecule has 1 N–H and O–H groups in total. The van der Waals surface area contributed by atoms with E-state index >= 15 is 0 Å². The Morgan fingerprint density at radius 1 is 0.939 bits per heavy atom. The third-order valence-electron chi connectivity index (χ3n) is 6.59. The number of hydrogen-bond donors (Lipinski definition) is 1. The first-order chi connectivity index (χ1) is 16.0. The summed E-state index contributed by atoms with van der Waals surface area (Å²) < 4.78 is 18.7. The van der Waals surface area contributed by atoms with Gasteiger partial charge in [0.05, 0.1) is 24.8 Å². The molecule has 2 heterocycles. The predicted octanol–water partition coefficient (Wildman–Crippen LogP) is 3.14. The van der Waals surface area contributed by atoms with Crippen LogP contribution in [0, 0.1) is 11.7 Å². The van der Waals surface area contributed by atoms with E-state index in [2.05, 4.69) is 5.32 Å². The quantitative estimate of drug-likeness (QED) is 0.494. The molecular weight excluding hydrogens is 423 g/mol. The van der Waals surface area contributed by atoms with Crippen molar-refractivity contribution in [1.29, 1.82) is 0 Å². The van der Waals surface area contributed by atoms with Crippen LogP contribution >= 0.6 is 0 Å². The minimum atomic E-state index is -1.43. The summed E-state index contributed by atoms with van der Waals surface area (Å²) in [6.07, 6.45) is 0. The molecule has 2 amide bonds. The van der Waals surface area contributed by atoms with Gasteiger partial charge in [0.15, 0.2) is 0 Å². The number of nitrogens with zero attached hydrogens (tertiary/aromatic N) is 1. The minimum Gasteiger partial charge on any atom is -0.468 e. The average molecular weight is 444 g/mol. The molecule has 3 aromatic carbocycles. The van der Waals surface area contributed by atoms with Gasteiger partial charge in [-0.05, 0) is 35.4 Å². The van der Waals surface area contributed by atoms with Crippen molar-refractivity contribution in [1.82, 2.24) is 5.32 Å². The monoisotopic (exact) mass is 444 g/mol. The van der Waals surface area contributed by atoms with Crippen molar-refractivity contribution < 1.29 is 23.5 Å². The molecule has 0 bridgehead atoms. The van der Waals surface area contributed by atoms with Crippen molar-refractivity contribution in [3.63, 3.8) is 0 Å². The normalized spacial score (nSPS) is 26.4. The van der Waals surface area contributed by atoms with E-state index < -0.39 is 47.0 Å². The maximum Gasteiger partial charge on any atom is 0.323 e. The fourth-order valence-electron chi connectivity index (χ4n) is 5.22. The van der Waals surface area contributed by atoms with Crippen molar-refractivity contribution in [2.45, 2.75) is 17.5 Å². The van der Waals surface area contributed by atoms with Gasteiger partial charge in [0, 0.05) is 0 Å². The number of fused-ring (bicyclic) bond motifs is 1. The van der Waals surface area contributed by atoms with Gasteiger partial charge in [-0.15, -0.1) is 0 Å². The molecule has 7 heteroatoms.